The Labute approximate surface area is 192 Å². The van der Waals surface area contributed by atoms with Crippen molar-refractivity contribution in [2.45, 2.75) is 19.3 Å². The van der Waals surface area contributed by atoms with E-state index in [-0.39, 0.29) is 23.7 Å². The Bertz CT molecular complexity index is 1210. The summed E-state index contributed by atoms with van der Waals surface area (Å²) in [6, 6.07) is 23.9. The molecule has 0 radical (unpaired) electrons. The fourth-order valence-electron chi connectivity index (χ4n) is 5.92. The summed E-state index contributed by atoms with van der Waals surface area (Å²) in [4.78, 5) is 39.9. The summed E-state index contributed by atoms with van der Waals surface area (Å²) >= 11 is 0. The molecule has 2 saturated carbocycles. The highest BCUT2D eigenvalue weighted by atomic mass is 16.5. The monoisotopic (exact) mass is 437 g/mol. The number of amides is 2. The maximum Gasteiger partial charge on any atom is 0.343 e. The Balaban J connectivity index is 1.15. The van der Waals surface area contributed by atoms with Crippen molar-refractivity contribution in [1.82, 2.24) is 0 Å². The van der Waals surface area contributed by atoms with Gasteiger partial charge in [0.1, 0.15) is 5.75 Å². The molecule has 4 atom stereocenters. The van der Waals surface area contributed by atoms with E-state index in [0.29, 0.717) is 28.8 Å². The number of fused-ring (bicyclic) bond motifs is 5. The summed E-state index contributed by atoms with van der Waals surface area (Å²) < 4.78 is 5.51. The zero-order valence-corrected chi connectivity index (χ0v) is 18.0. The smallest absolute Gasteiger partial charge is 0.343 e. The second-order valence-electron chi connectivity index (χ2n) is 9.22. The molecule has 3 aliphatic rings. The van der Waals surface area contributed by atoms with Crippen LogP contribution in [0.4, 0.5) is 5.69 Å². The van der Waals surface area contributed by atoms with E-state index < -0.39 is 5.97 Å². The molecular formula is C28H23NO4. The summed E-state index contributed by atoms with van der Waals surface area (Å²) in [7, 11) is 0. The van der Waals surface area contributed by atoms with Crippen molar-refractivity contribution in [2.75, 3.05) is 4.90 Å². The van der Waals surface area contributed by atoms with Crippen LogP contribution in [0.2, 0.25) is 0 Å². The fraction of sp³-hybridized carbons (Fsp3) is 0.250. The Hall–Kier alpha value is -3.73. The van der Waals surface area contributed by atoms with E-state index in [9.17, 15) is 14.4 Å². The molecule has 3 aromatic rings. The summed E-state index contributed by atoms with van der Waals surface area (Å²) in [5.74, 6) is 0.212. The third-order valence-electron chi connectivity index (χ3n) is 7.46. The van der Waals surface area contributed by atoms with Crippen LogP contribution in [-0.2, 0) is 9.59 Å². The van der Waals surface area contributed by atoms with Crippen molar-refractivity contribution in [2.24, 2.45) is 23.7 Å². The zero-order valence-electron chi connectivity index (χ0n) is 18.0. The second kappa shape index (κ2) is 7.69. The van der Waals surface area contributed by atoms with Crippen LogP contribution < -0.4 is 9.64 Å². The molecule has 1 heterocycles. The highest BCUT2D eigenvalue weighted by molar-refractivity contribution is 6.22. The Morgan fingerprint density at radius 3 is 1.91 bits per heavy atom. The SMILES string of the molecule is O=C(Oc1ccc(-c2ccccc2)cc1)c1ccc(N2C(=O)[C@@H]3[C@H]4CC[C@@H](C4)[C@@H]3C2=O)cc1. The van der Waals surface area contributed by atoms with Crippen molar-refractivity contribution in [3.8, 4) is 16.9 Å². The van der Waals surface area contributed by atoms with Crippen molar-refractivity contribution in [3.05, 3.63) is 84.4 Å². The molecule has 0 spiro atoms. The van der Waals surface area contributed by atoms with E-state index in [1.165, 1.54) is 4.90 Å². The molecule has 5 heteroatoms. The molecule has 1 aliphatic heterocycles. The van der Waals surface area contributed by atoms with Crippen LogP contribution in [0.15, 0.2) is 78.9 Å². The topological polar surface area (TPSA) is 63.7 Å². The van der Waals surface area contributed by atoms with Gasteiger partial charge in [-0.1, -0.05) is 42.5 Å². The van der Waals surface area contributed by atoms with Gasteiger partial charge in [-0.2, -0.15) is 0 Å². The molecule has 3 aromatic carbocycles. The molecular weight excluding hydrogens is 414 g/mol. The predicted molar refractivity (Wildman–Crippen MR) is 124 cm³/mol. The van der Waals surface area contributed by atoms with Gasteiger partial charge in [0.25, 0.3) is 0 Å². The van der Waals surface area contributed by atoms with Gasteiger partial charge >= 0.3 is 5.97 Å². The number of nitrogens with zero attached hydrogens (tertiary/aromatic N) is 1. The van der Waals surface area contributed by atoms with Crippen molar-refractivity contribution < 1.29 is 19.1 Å². The third-order valence-corrected chi connectivity index (χ3v) is 7.46. The van der Waals surface area contributed by atoms with Crippen LogP contribution in [0.1, 0.15) is 29.6 Å². The molecule has 6 rings (SSSR count). The van der Waals surface area contributed by atoms with Gasteiger partial charge in [-0.05, 0) is 78.6 Å². The number of carbonyl (C=O) groups is 3. The molecule has 0 aromatic heterocycles. The number of rotatable bonds is 4. The van der Waals surface area contributed by atoms with Crippen molar-refractivity contribution >= 4 is 23.5 Å². The van der Waals surface area contributed by atoms with Gasteiger partial charge in [0.05, 0.1) is 23.1 Å². The normalized spacial score (nSPS) is 25.4. The van der Waals surface area contributed by atoms with Crippen LogP contribution in [0.25, 0.3) is 11.1 Å². The van der Waals surface area contributed by atoms with Crippen LogP contribution in [-0.4, -0.2) is 17.8 Å². The number of carbonyl (C=O) groups excluding carboxylic acids is 3. The highest BCUT2D eigenvalue weighted by Crippen LogP contribution is 2.56. The molecule has 1 saturated heterocycles. The van der Waals surface area contributed by atoms with E-state index in [4.69, 9.17) is 4.74 Å². The van der Waals surface area contributed by atoms with E-state index in [1.807, 2.05) is 42.5 Å². The number of imide groups is 1. The number of ether oxygens (including phenoxy) is 1. The first-order valence-corrected chi connectivity index (χ1v) is 11.5. The van der Waals surface area contributed by atoms with Gasteiger partial charge in [-0.15, -0.1) is 0 Å². The van der Waals surface area contributed by atoms with Gasteiger partial charge in [0.15, 0.2) is 0 Å². The Morgan fingerprint density at radius 2 is 1.30 bits per heavy atom. The summed E-state index contributed by atoms with van der Waals surface area (Å²) in [5.41, 5.74) is 3.03. The van der Waals surface area contributed by atoms with E-state index in [2.05, 4.69) is 0 Å². The first-order valence-electron chi connectivity index (χ1n) is 11.5. The molecule has 0 unspecified atom stereocenters. The molecule has 2 bridgehead atoms. The standard InChI is InChI=1S/C28H23NO4/c30-26-24-20-6-7-21(16-20)25(24)27(31)29(26)22-12-8-19(9-13-22)28(32)33-23-14-10-18(11-15-23)17-4-2-1-3-5-17/h1-5,8-15,20-21,24-25H,6-7,16H2/t20-,21-,24-,25+/m0/s1. The minimum absolute atomic E-state index is 0.0777. The minimum atomic E-state index is -0.483. The summed E-state index contributed by atoms with van der Waals surface area (Å²) in [6.45, 7) is 0. The number of hydrogen-bond donors (Lipinski definition) is 0. The second-order valence-corrected chi connectivity index (χ2v) is 9.22. The van der Waals surface area contributed by atoms with Gasteiger partial charge in [-0.25, -0.2) is 4.79 Å². The molecule has 164 valence electrons. The first kappa shape index (κ1) is 19.9. The lowest BCUT2D eigenvalue weighted by atomic mass is 9.81. The van der Waals surface area contributed by atoms with Crippen LogP contribution >= 0.6 is 0 Å². The van der Waals surface area contributed by atoms with Crippen LogP contribution in [0.3, 0.4) is 0 Å². The molecule has 2 aliphatic carbocycles. The lowest BCUT2D eigenvalue weighted by Crippen LogP contribution is -2.32. The Morgan fingerprint density at radius 1 is 0.727 bits per heavy atom. The maximum atomic E-state index is 13.0. The average Bonchev–Trinajstić information content (AvgIpc) is 3.54. The number of esters is 1. The first-order chi connectivity index (χ1) is 16.1. The van der Waals surface area contributed by atoms with Gasteiger partial charge in [0, 0.05) is 0 Å². The van der Waals surface area contributed by atoms with Crippen LogP contribution in [0, 0.1) is 23.7 Å². The zero-order chi connectivity index (χ0) is 22.5. The van der Waals surface area contributed by atoms with Gasteiger partial charge in [-0.3, -0.25) is 14.5 Å². The third kappa shape index (κ3) is 3.27. The largest absolute Gasteiger partial charge is 0.423 e. The van der Waals surface area contributed by atoms with Gasteiger partial charge in [0.2, 0.25) is 11.8 Å². The predicted octanol–water partition coefficient (Wildman–Crippen LogP) is 5.11. The Kier molecular flexibility index (Phi) is 4.64. The lowest BCUT2D eigenvalue weighted by molar-refractivity contribution is -0.123. The summed E-state index contributed by atoms with van der Waals surface area (Å²) in [6.07, 6.45) is 3.11. The number of hydrogen-bond acceptors (Lipinski definition) is 4. The molecule has 33 heavy (non-hydrogen) atoms. The van der Waals surface area contributed by atoms with E-state index >= 15 is 0 Å². The molecule has 2 amide bonds. The minimum Gasteiger partial charge on any atom is -0.423 e. The van der Waals surface area contributed by atoms with Crippen LogP contribution in [0.5, 0.6) is 5.75 Å². The summed E-state index contributed by atoms with van der Waals surface area (Å²) in [5, 5.41) is 0. The maximum absolute atomic E-state index is 13.0. The highest BCUT2D eigenvalue weighted by Gasteiger charge is 2.61. The lowest BCUT2D eigenvalue weighted by Gasteiger charge is -2.19. The van der Waals surface area contributed by atoms with Gasteiger partial charge < -0.3 is 4.74 Å². The van der Waals surface area contributed by atoms with E-state index in [0.717, 1.165) is 30.4 Å². The molecule has 0 N–H and O–H groups in total. The fourth-order valence-corrected chi connectivity index (χ4v) is 5.92. The molecule has 3 fully saturated rings. The van der Waals surface area contributed by atoms with Crippen molar-refractivity contribution in [3.63, 3.8) is 0 Å². The quantitative estimate of drug-likeness (QED) is 0.323. The molecule has 5 nitrogen and oxygen atoms in total. The van der Waals surface area contributed by atoms with Crippen molar-refractivity contribution in [1.29, 1.82) is 0 Å². The number of anilines is 1. The average molecular weight is 437 g/mol. The number of benzene rings is 3. The van der Waals surface area contributed by atoms with E-state index in [1.54, 1.807) is 36.4 Å².